The topological polar surface area (TPSA) is 42.7 Å². The maximum atomic E-state index is 4.29. The highest BCUT2D eigenvalue weighted by atomic mass is 32.2. The largest absolute Gasteiger partial charge is 0.316 e. The molecule has 3 rings (SSSR count). The van der Waals surface area contributed by atoms with E-state index in [1.54, 1.807) is 0 Å². The molecule has 0 radical (unpaired) electrons. The van der Waals surface area contributed by atoms with Gasteiger partial charge in [0.1, 0.15) is 11.6 Å². The van der Waals surface area contributed by atoms with Gasteiger partial charge < -0.3 is 9.88 Å². The van der Waals surface area contributed by atoms with Crippen molar-refractivity contribution < 1.29 is 0 Å². The van der Waals surface area contributed by atoms with Gasteiger partial charge in [-0.15, -0.1) is 10.2 Å². The molecule has 1 aromatic rings. The summed E-state index contributed by atoms with van der Waals surface area (Å²) in [4.78, 5) is 0. The van der Waals surface area contributed by atoms with Gasteiger partial charge in [0.15, 0.2) is 0 Å². The molecule has 14 heavy (non-hydrogen) atoms. The van der Waals surface area contributed by atoms with Crippen molar-refractivity contribution >= 4 is 11.8 Å². The van der Waals surface area contributed by atoms with Crippen molar-refractivity contribution in [2.45, 2.75) is 18.7 Å². The first-order chi connectivity index (χ1) is 6.93. The Hall–Kier alpha value is -0.550. The standard InChI is InChI=1S/C9H14N4S/c1-2-14-6-9-12-11-8(13(1)9)3-7-4-10-5-7/h7,10H,1-6H2. The molecule has 76 valence electrons. The average Bonchev–Trinajstić information content (AvgIpc) is 2.55. The van der Waals surface area contributed by atoms with Gasteiger partial charge in [-0.2, -0.15) is 11.8 Å². The van der Waals surface area contributed by atoms with Crippen LogP contribution < -0.4 is 5.32 Å². The van der Waals surface area contributed by atoms with Crippen LogP contribution in [0.4, 0.5) is 0 Å². The summed E-state index contributed by atoms with van der Waals surface area (Å²) in [6, 6.07) is 0. The minimum atomic E-state index is 0.790. The summed E-state index contributed by atoms with van der Waals surface area (Å²) < 4.78 is 2.31. The molecular formula is C9H14N4S. The van der Waals surface area contributed by atoms with E-state index in [2.05, 4.69) is 20.1 Å². The summed E-state index contributed by atoms with van der Waals surface area (Å²) >= 11 is 1.95. The van der Waals surface area contributed by atoms with Crippen LogP contribution in [0.15, 0.2) is 0 Å². The lowest BCUT2D eigenvalue weighted by molar-refractivity contribution is 0.337. The first kappa shape index (κ1) is 8.73. The Bertz CT molecular complexity index is 332. The zero-order chi connectivity index (χ0) is 9.38. The molecule has 1 fully saturated rings. The monoisotopic (exact) mass is 210 g/mol. The summed E-state index contributed by atoms with van der Waals surface area (Å²) in [5.74, 6) is 5.41. The van der Waals surface area contributed by atoms with E-state index in [0.29, 0.717) is 0 Å². The van der Waals surface area contributed by atoms with Gasteiger partial charge in [0, 0.05) is 18.7 Å². The maximum Gasteiger partial charge on any atom is 0.143 e. The fourth-order valence-corrected chi connectivity index (χ4v) is 2.81. The Morgan fingerprint density at radius 2 is 2.36 bits per heavy atom. The number of fused-ring (bicyclic) bond motifs is 1. The molecule has 0 bridgehead atoms. The highest BCUT2D eigenvalue weighted by Gasteiger charge is 2.22. The second kappa shape index (κ2) is 3.55. The van der Waals surface area contributed by atoms with E-state index in [-0.39, 0.29) is 0 Å². The van der Waals surface area contributed by atoms with Crippen LogP contribution in [0.1, 0.15) is 11.6 Å². The molecule has 0 aliphatic carbocycles. The molecule has 0 amide bonds. The predicted octanol–water partition coefficient (Wildman–Crippen LogP) is 0.287. The van der Waals surface area contributed by atoms with E-state index in [4.69, 9.17) is 0 Å². The Balaban J connectivity index is 1.79. The Morgan fingerprint density at radius 1 is 1.43 bits per heavy atom. The molecule has 1 aromatic heterocycles. The third-order valence-corrected chi connectivity index (χ3v) is 3.87. The lowest BCUT2D eigenvalue weighted by atomic mass is 9.99. The van der Waals surface area contributed by atoms with Gasteiger partial charge in [-0.05, 0) is 19.0 Å². The highest BCUT2D eigenvalue weighted by Crippen LogP contribution is 2.20. The molecule has 3 heterocycles. The van der Waals surface area contributed by atoms with Gasteiger partial charge >= 0.3 is 0 Å². The van der Waals surface area contributed by atoms with Crippen LogP contribution in [0.25, 0.3) is 0 Å². The summed E-state index contributed by atoms with van der Waals surface area (Å²) in [5, 5.41) is 11.8. The van der Waals surface area contributed by atoms with Crippen molar-refractivity contribution in [2.75, 3.05) is 18.8 Å². The third-order valence-electron chi connectivity index (χ3n) is 2.93. The second-order valence-corrected chi connectivity index (χ2v) is 5.07. The minimum Gasteiger partial charge on any atom is -0.316 e. The molecule has 1 saturated heterocycles. The number of nitrogens with one attached hydrogen (secondary N) is 1. The number of thioether (sulfide) groups is 1. The van der Waals surface area contributed by atoms with Crippen LogP contribution in [0.3, 0.4) is 0 Å². The van der Waals surface area contributed by atoms with E-state index >= 15 is 0 Å². The number of aromatic nitrogens is 3. The van der Waals surface area contributed by atoms with E-state index in [0.717, 1.165) is 37.7 Å². The first-order valence-corrected chi connectivity index (χ1v) is 6.28. The van der Waals surface area contributed by atoms with Gasteiger partial charge in [-0.1, -0.05) is 0 Å². The van der Waals surface area contributed by atoms with Crippen LogP contribution in [-0.2, 0) is 18.7 Å². The Kier molecular flexibility index (Phi) is 2.21. The molecule has 0 atom stereocenters. The number of hydrogen-bond donors (Lipinski definition) is 1. The van der Waals surface area contributed by atoms with Crippen molar-refractivity contribution in [3.8, 4) is 0 Å². The zero-order valence-corrected chi connectivity index (χ0v) is 8.89. The van der Waals surface area contributed by atoms with Crippen LogP contribution in [-0.4, -0.2) is 33.6 Å². The third kappa shape index (κ3) is 1.44. The number of hydrogen-bond acceptors (Lipinski definition) is 4. The summed E-state index contributed by atoms with van der Waals surface area (Å²) in [5.41, 5.74) is 0. The van der Waals surface area contributed by atoms with E-state index in [1.807, 2.05) is 11.8 Å². The molecule has 0 saturated carbocycles. The van der Waals surface area contributed by atoms with Gasteiger partial charge in [0.25, 0.3) is 0 Å². The second-order valence-electron chi connectivity index (χ2n) is 3.97. The van der Waals surface area contributed by atoms with Crippen molar-refractivity contribution in [1.29, 1.82) is 0 Å². The molecule has 2 aliphatic heterocycles. The van der Waals surface area contributed by atoms with Gasteiger partial charge in [-0.3, -0.25) is 0 Å². The molecule has 0 unspecified atom stereocenters. The smallest absolute Gasteiger partial charge is 0.143 e. The van der Waals surface area contributed by atoms with Gasteiger partial charge in [-0.25, -0.2) is 0 Å². The van der Waals surface area contributed by atoms with Gasteiger partial charge in [0.05, 0.1) is 5.75 Å². The lowest BCUT2D eigenvalue weighted by Gasteiger charge is -2.27. The molecular weight excluding hydrogens is 196 g/mol. The Morgan fingerprint density at radius 3 is 3.14 bits per heavy atom. The zero-order valence-electron chi connectivity index (χ0n) is 8.07. The molecule has 1 N–H and O–H groups in total. The summed E-state index contributed by atoms with van der Waals surface area (Å²) in [6.07, 6.45) is 1.10. The molecule has 2 aliphatic rings. The predicted molar refractivity (Wildman–Crippen MR) is 56.2 cm³/mol. The minimum absolute atomic E-state index is 0.790. The van der Waals surface area contributed by atoms with E-state index in [1.165, 1.54) is 17.4 Å². The number of nitrogens with zero attached hydrogens (tertiary/aromatic N) is 3. The molecule has 0 spiro atoms. The lowest BCUT2D eigenvalue weighted by Crippen LogP contribution is -2.43. The van der Waals surface area contributed by atoms with Gasteiger partial charge in [0.2, 0.25) is 0 Å². The molecule has 0 aromatic carbocycles. The van der Waals surface area contributed by atoms with Crippen molar-refractivity contribution in [3.05, 3.63) is 11.6 Å². The van der Waals surface area contributed by atoms with Crippen LogP contribution in [0, 0.1) is 5.92 Å². The Labute approximate surface area is 87.5 Å². The maximum absolute atomic E-state index is 4.29. The van der Waals surface area contributed by atoms with Crippen molar-refractivity contribution in [2.24, 2.45) is 5.92 Å². The fourth-order valence-electron chi connectivity index (χ4n) is 1.96. The quantitative estimate of drug-likeness (QED) is 0.762. The van der Waals surface area contributed by atoms with Crippen LogP contribution in [0.2, 0.25) is 0 Å². The highest BCUT2D eigenvalue weighted by molar-refractivity contribution is 7.98. The van der Waals surface area contributed by atoms with E-state index < -0.39 is 0 Å². The van der Waals surface area contributed by atoms with E-state index in [9.17, 15) is 0 Å². The fraction of sp³-hybridized carbons (Fsp3) is 0.778. The normalized spacial score (nSPS) is 21.7. The first-order valence-electron chi connectivity index (χ1n) is 5.13. The molecule has 5 heteroatoms. The molecule has 4 nitrogen and oxygen atoms in total. The average molecular weight is 210 g/mol. The van der Waals surface area contributed by atoms with Crippen molar-refractivity contribution in [3.63, 3.8) is 0 Å². The summed E-state index contributed by atoms with van der Waals surface area (Å²) in [6.45, 7) is 3.40. The van der Waals surface area contributed by atoms with Crippen LogP contribution in [0.5, 0.6) is 0 Å². The van der Waals surface area contributed by atoms with Crippen molar-refractivity contribution in [1.82, 2.24) is 20.1 Å². The SMILES string of the molecule is C1Cn2c(nnc2CC2CNC2)CS1. The summed E-state index contributed by atoms with van der Waals surface area (Å²) in [7, 11) is 0. The number of rotatable bonds is 2. The van der Waals surface area contributed by atoms with Crippen LogP contribution >= 0.6 is 11.8 Å².